The van der Waals surface area contributed by atoms with Gasteiger partial charge in [0.2, 0.25) is 5.91 Å². The van der Waals surface area contributed by atoms with Gasteiger partial charge in [0.05, 0.1) is 43.4 Å². The summed E-state index contributed by atoms with van der Waals surface area (Å²) in [6.07, 6.45) is 9.74. The SMILES string of the molecule is COc1cc(OC)c2c(c1)N(C1=CC=C3N=CN(c4cnn(C)c4)C(=O)C3C1)CCN(C(C)C)C2. The maximum absolute atomic E-state index is 13.5. The number of benzene rings is 1. The van der Waals surface area contributed by atoms with Crippen LogP contribution in [0.4, 0.5) is 11.4 Å². The van der Waals surface area contributed by atoms with E-state index in [1.165, 1.54) is 0 Å². The largest absolute Gasteiger partial charge is 0.497 e. The van der Waals surface area contributed by atoms with Crippen molar-refractivity contribution in [1.29, 1.82) is 0 Å². The Morgan fingerprint density at radius 2 is 1.94 bits per heavy atom. The maximum Gasteiger partial charge on any atom is 0.241 e. The number of nitrogens with zero attached hydrogens (tertiary/aromatic N) is 6. The summed E-state index contributed by atoms with van der Waals surface area (Å²) in [5, 5.41) is 4.21. The first-order valence-electron chi connectivity index (χ1n) is 11.9. The Hall–Kier alpha value is -3.59. The molecule has 1 unspecified atom stereocenters. The number of carbonyl (C=O) groups excluding carboxylic acids is 1. The first-order chi connectivity index (χ1) is 16.9. The van der Waals surface area contributed by atoms with Gasteiger partial charge < -0.3 is 14.4 Å². The second kappa shape index (κ2) is 9.22. The second-order valence-corrected chi connectivity index (χ2v) is 9.37. The number of aromatic nitrogens is 2. The predicted molar refractivity (Wildman–Crippen MR) is 136 cm³/mol. The van der Waals surface area contributed by atoms with Crippen LogP contribution in [-0.2, 0) is 18.4 Å². The van der Waals surface area contributed by atoms with E-state index in [-0.39, 0.29) is 11.8 Å². The van der Waals surface area contributed by atoms with Crippen LogP contribution in [0.2, 0.25) is 0 Å². The van der Waals surface area contributed by atoms with Crippen LogP contribution in [0.5, 0.6) is 11.5 Å². The summed E-state index contributed by atoms with van der Waals surface area (Å²) in [5.74, 6) is 1.22. The quantitative estimate of drug-likeness (QED) is 0.659. The van der Waals surface area contributed by atoms with E-state index >= 15 is 0 Å². The number of rotatable bonds is 5. The van der Waals surface area contributed by atoms with Crippen molar-refractivity contribution in [3.05, 3.63) is 53.6 Å². The fourth-order valence-corrected chi connectivity index (χ4v) is 4.98. The smallest absolute Gasteiger partial charge is 0.241 e. The molecule has 1 aromatic heterocycles. The number of hydrogen-bond acceptors (Lipinski definition) is 7. The number of hydrogen-bond donors (Lipinski definition) is 0. The lowest BCUT2D eigenvalue weighted by Crippen LogP contribution is -2.41. The van der Waals surface area contributed by atoms with Gasteiger partial charge in [-0.05, 0) is 26.0 Å². The topological polar surface area (TPSA) is 75.4 Å². The molecule has 2 aromatic rings. The molecular formula is C26H32N6O3. The van der Waals surface area contributed by atoms with Gasteiger partial charge in [0.1, 0.15) is 17.8 Å². The molecule has 0 N–H and O–H groups in total. The molecule has 0 saturated heterocycles. The zero-order valence-corrected chi connectivity index (χ0v) is 20.9. The number of amides is 1. The summed E-state index contributed by atoms with van der Waals surface area (Å²) in [6.45, 7) is 6.90. The van der Waals surface area contributed by atoms with E-state index in [9.17, 15) is 4.79 Å². The van der Waals surface area contributed by atoms with Gasteiger partial charge in [-0.15, -0.1) is 0 Å². The normalized spacial score (nSPS) is 20.3. The van der Waals surface area contributed by atoms with Gasteiger partial charge >= 0.3 is 0 Å². The van der Waals surface area contributed by atoms with Crippen LogP contribution in [0.1, 0.15) is 25.8 Å². The van der Waals surface area contributed by atoms with Gasteiger partial charge in [0.25, 0.3) is 0 Å². The molecule has 0 radical (unpaired) electrons. The van der Waals surface area contributed by atoms with Gasteiger partial charge in [0, 0.05) is 68.7 Å². The van der Waals surface area contributed by atoms with Crippen LogP contribution in [0.3, 0.4) is 0 Å². The Kier molecular flexibility index (Phi) is 6.10. The number of aliphatic imine (C=N–C) groups is 1. The van der Waals surface area contributed by atoms with Crippen LogP contribution in [0, 0.1) is 5.92 Å². The Balaban J connectivity index is 1.51. The Morgan fingerprint density at radius 1 is 1.11 bits per heavy atom. The minimum Gasteiger partial charge on any atom is -0.497 e. The average Bonchev–Trinajstić information content (AvgIpc) is 3.19. The standard InChI is InChI=1S/C26H32N6O3/c1-17(2)30-8-9-31(24-11-20(34-4)12-25(35-5)22(24)15-30)18-6-7-23-21(10-18)26(33)32(16-27-23)19-13-28-29(3)14-19/h6-7,11-14,16-17,21H,8-10,15H2,1-5H3. The third-order valence-electron chi connectivity index (χ3n) is 7.00. The van der Waals surface area contributed by atoms with Gasteiger partial charge in [0.15, 0.2) is 0 Å². The van der Waals surface area contributed by atoms with Crippen molar-refractivity contribution in [2.45, 2.75) is 32.9 Å². The molecular weight excluding hydrogens is 444 g/mol. The van der Waals surface area contributed by atoms with Gasteiger partial charge in [-0.3, -0.25) is 19.3 Å². The lowest BCUT2D eigenvalue weighted by Gasteiger charge is -2.35. The molecule has 9 nitrogen and oxygen atoms in total. The fourth-order valence-electron chi connectivity index (χ4n) is 4.98. The Labute approximate surface area is 205 Å². The van der Waals surface area contributed by atoms with E-state index in [1.807, 2.05) is 25.4 Å². The molecule has 184 valence electrons. The Morgan fingerprint density at radius 3 is 2.63 bits per heavy atom. The predicted octanol–water partition coefficient (Wildman–Crippen LogP) is 3.33. The van der Waals surface area contributed by atoms with Crippen molar-refractivity contribution < 1.29 is 14.3 Å². The van der Waals surface area contributed by atoms with E-state index in [2.05, 4.69) is 45.9 Å². The molecule has 5 rings (SSSR count). The highest BCUT2D eigenvalue weighted by Crippen LogP contribution is 2.41. The highest BCUT2D eigenvalue weighted by atomic mass is 16.5. The fraction of sp³-hybridized carbons (Fsp3) is 0.423. The lowest BCUT2D eigenvalue weighted by molar-refractivity contribution is -0.120. The molecule has 0 fully saturated rings. The average molecular weight is 477 g/mol. The molecule has 1 amide bonds. The zero-order chi connectivity index (χ0) is 24.7. The van der Waals surface area contributed by atoms with E-state index in [0.29, 0.717) is 12.5 Å². The van der Waals surface area contributed by atoms with Gasteiger partial charge in [-0.2, -0.15) is 5.10 Å². The molecule has 35 heavy (non-hydrogen) atoms. The van der Waals surface area contributed by atoms with Crippen LogP contribution < -0.4 is 19.3 Å². The van der Waals surface area contributed by atoms with Crippen molar-refractivity contribution in [3.8, 4) is 11.5 Å². The number of anilines is 2. The molecule has 3 aliphatic rings. The highest BCUT2D eigenvalue weighted by molar-refractivity contribution is 6.12. The molecule has 3 heterocycles. The summed E-state index contributed by atoms with van der Waals surface area (Å²) in [5.41, 5.74) is 4.78. The first kappa shape index (κ1) is 23.2. The van der Waals surface area contributed by atoms with Gasteiger partial charge in [-0.1, -0.05) is 0 Å². The summed E-state index contributed by atoms with van der Waals surface area (Å²) in [4.78, 5) is 24.5. The number of carbonyl (C=O) groups is 1. The van der Waals surface area contributed by atoms with Crippen LogP contribution >= 0.6 is 0 Å². The second-order valence-electron chi connectivity index (χ2n) is 9.37. The van der Waals surface area contributed by atoms with Gasteiger partial charge in [-0.25, -0.2) is 4.99 Å². The number of ether oxygens (including phenoxy) is 2. The van der Waals surface area contributed by atoms with Crippen molar-refractivity contribution >= 4 is 23.6 Å². The zero-order valence-electron chi connectivity index (χ0n) is 20.9. The third-order valence-corrected chi connectivity index (χ3v) is 7.00. The Bertz CT molecular complexity index is 1230. The first-order valence-corrected chi connectivity index (χ1v) is 11.9. The monoisotopic (exact) mass is 476 g/mol. The van der Waals surface area contributed by atoms with E-state index < -0.39 is 0 Å². The molecule has 0 spiro atoms. The third kappa shape index (κ3) is 4.20. The van der Waals surface area contributed by atoms with Crippen molar-refractivity contribution in [2.24, 2.45) is 18.0 Å². The molecule has 0 bridgehead atoms. The highest BCUT2D eigenvalue weighted by Gasteiger charge is 2.36. The molecule has 0 saturated carbocycles. The lowest BCUT2D eigenvalue weighted by atomic mass is 9.91. The summed E-state index contributed by atoms with van der Waals surface area (Å²) in [7, 11) is 5.20. The van der Waals surface area contributed by atoms with Crippen molar-refractivity contribution in [2.75, 3.05) is 37.1 Å². The summed E-state index contributed by atoms with van der Waals surface area (Å²) in [6, 6.07) is 4.41. The van der Waals surface area contributed by atoms with Crippen LogP contribution in [-0.4, -0.2) is 60.3 Å². The number of fused-ring (bicyclic) bond motifs is 2. The van der Waals surface area contributed by atoms with E-state index in [1.54, 1.807) is 36.3 Å². The van der Waals surface area contributed by atoms with E-state index in [0.717, 1.165) is 59.5 Å². The van der Waals surface area contributed by atoms with Crippen LogP contribution in [0.25, 0.3) is 0 Å². The molecule has 1 atom stereocenters. The minimum absolute atomic E-state index is 0.00641. The van der Waals surface area contributed by atoms with E-state index in [4.69, 9.17) is 9.47 Å². The van der Waals surface area contributed by atoms with Crippen molar-refractivity contribution in [1.82, 2.24) is 14.7 Å². The number of allylic oxidation sites excluding steroid dienone is 3. The maximum atomic E-state index is 13.5. The molecule has 1 aromatic carbocycles. The molecule has 1 aliphatic carbocycles. The summed E-state index contributed by atoms with van der Waals surface area (Å²) < 4.78 is 13.1. The van der Waals surface area contributed by atoms with Crippen LogP contribution in [0.15, 0.2) is 53.1 Å². The number of methoxy groups -OCH3 is 2. The number of aryl methyl sites for hydroxylation is 1. The summed E-state index contributed by atoms with van der Waals surface area (Å²) >= 11 is 0. The molecule has 9 heteroatoms. The minimum atomic E-state index is -0.347. The molecule has 2 aliphatic heterocycles. The van der Waals surface area contributed by atoms with Crippen molar-refractivity contribution in [3.63, 3.8) is 0 Å².